The van der Waals surface area contributed by atoms with Crippen LogP contribution in [0.1, 0.15) is 24.4 Å². The smallest absolute Gasteiger partial charge is 0.0409 e. The van der Waals surface area contributed by atoms with Crippen LogP contribution < -0.4 is 5.32 Å². The van der Waals surface area contributed by atoms with Crippen molar-refractivity contribution in [2.45, 2.75) is 24.9 Å². The number of nitrogens with zero attached hydrogens (tertiary/aromatic N) is 1. The molecule has 1 heterocycles. The van der Waals surface area contributed by atoms with Gasteiger partial charge in [0.15, 0.2) is 0 Å². The summed E-state index contributed by atoms with van der Waals surface area (Å²) in [6.45, 7) is 1.13. The van der Waals surface area contributed by atoms with Crippen LogP contribution in [0.3, 0.4) is 0 Å². The second kappa shape index (κ2) is 7.53. The van der Waals surface area contributed by atoms with E-state index >= 15 is 0 Å². The molecule has 19 heavy (non-hydrogen) atoms. The van der Waals surface area contributed by atoms with Gasteiger partial charge in [-0.1, -0.05) is 23.7 Å². The van der Waals surface area contributed by atoms with Crippen molar-refractivity contribution in [3.63, 3.8) is 0 Å². The number of rotatable bonds is 6. The van der Waals surface area contributed by atoms with Crippen LogP contribution in [0, 0.1) is 0 Å². The number of halogens is 1. The molecule has 2 nitrogen and oxygen atoms in total. The topological polar surface area (TPSA) is 15.3 Å². The largest absolute Gasteiger partial charge is 0.313 e. The molecule has 0 aliphatic carbocycles. The first kappa shape index (κ1) is 15.2. The van der Waals surface area contributed by atoms with Gasteiger partial charge < -0.3 is 10.2 Å². The van der Waals surface area contributed by atoms with E-state index < -0.39 is 0 Å². The summed E-state index contributed by atoms with van der Waals surface area (Å²) < 4.78 is 0. The summed E-state index contributed by atoms with van der Waals surface area (Å²) in [7, 11) is 4.28. The van der Waals surface area contributed by atoms with Crippen LogP contribution in [0.2, 0.25) is 5.02 Å². The quantitative estimate of drug-likeness (QED) is 0.866. The summed E-state index contributed by atoms with van der Waals surface area (Å²) in [6.07, 6.45) is 2.46. The Morgan fingerprint density at radius 1 is 1.53 bits per heavy atom. The number of nitrogens with one attached hydrogen (secondary N) is 1. The van der Waals surface area contributed by atoms with Gasteiger partial charge in [-0.25, -0.2) is 0 Å². The minimum atomic E-state index is 0.384. The highest BCUT2D eigenvalue weighted by Crippen LogP contribution is 2.24. The lowest BCUT2D eigenvalue weighted by Gasteiger charge is -2.26. The van der Waals surface area contributed by atoms with Crippen molar-refractivity contribution < 1.29 is 0 Å². The van der Waals surface area contributed by atoms with Gasteiger partial charge in [-0.15, -0.1) is 0 Å². The molecule has 1 aromatic carbocycles. The lowest BCUT2D eigenvalue weighted by Crippen LogP contribution is -2.34. The summed E-state index contributed by atoms with van der Waals surface area (Å²) >= 11 is 8.15. The van der Waals surface area contributed by atoms with Gasteiger partial charge in [0.2, 0.25) is 0 Å². The fourth-order valence-corrected chi connectivity index (χ4v) is 4.08. The summed E-state index contributed by atoms with van der Waals surface area (Å²) in [4.78, 5) is 2.51. The second-order valence-corrected chi connectivity index (χ2v) is 6.77. The van der Waals surface area contributed by atoms with Crippen LogP contribution in [-0.4, -0.2) is 43.1 Å². The molecule has 0 aromatic heterocycles. The first-order valence-corrected chi connectivity index (χ1v) is 8.44. The summed E-state index contributed by atoms with van der Waals surface area (Å²) in [5.41, 5.74) is 1.28. The lowest BCUT2D eigenvalue weighted by molar-refractivity contribution is 0.248. The van der Waals surface area contributed by atoms with E-state index in [4.69, 9.17) is 11.6 Å². The second-order valence-electron chi connectivity index (χ2n) is 5.18. The Labute approximate surface area is 125 Å². The highest BCUT2D eigenvalue weighted by molar-refractivity contribution is 7.99. The number of hydrogen-bond acceptors (Lipinski definition) is 3. The van der Waals surface area contributed by atoms with Gasteiger partial charge in [-0.05, 0) is 56.9 Å². The lowest BCUT2D eigenvalue weighted by atomic mass is 10.0. The van der Waals surface area contributed by atoms with Crippen LogP contribution in [0.5, 0.6) is 0 Å². The summed E-state index contributed by atoms with van der Waals surface area (Å²) in [5, 5.41) is 4.22. The molecule has 2 rings (SSSR count). The van der Waals surface area contributed by atoms with E-state index in [-0.39, 0.29) is 0 Å². The van der Waals surface area contributed by atoms with E-state index in [9.17, 15) is 0 Å². The third-order valence-electron chi connectivity index (χ3n) is 3.90. The molecule has 1 saturated heterocycles. The molecule has 1 aromatic rings. The van der Waals surface area contributed by atoms with E-state index in [0.717, 1.165) is 24.0 Å². The standard InChI is InChI=1S/C15H23ClN2S/c1-17-15(12-4-3-5-13(16)10-12)6-8-18(2)14-7-9-19-11-14/h3-5,10,14-15,17H,6-9,11H2,1-2H3. The molecular weight excluding hydrogens is 276 g/mol. The van der Waals surface area contributed by atoms with Crippen molar-refractivity contribution in [3.8, 4) is 0 Å². The molecule has 106 valence electrons. The van der Waals surface area contributed by atoms with E-state index in [2.05, 4.69) is 41.2 Å². The zero-order chi connectivity index (χ0) is 13.7. The van der Waals surface area contributed by atoms with Crippen molar-refractivity contribution in [3.05, 3.63) is 34.9 Å². The summed E-state index contributed by atoms with van der Waals surface area (Å²) in [5.74, 6) is 2.61. The van der Waals surface area contributed by atoms with Crippen LogP contribution >= 0.6 is 23.4 Å². The van der Waals surface area contributed by atoms with E-state index in [1.165, 1.54) is 23.5 Å². The Bertz CT molecular complexity index is 393. The molecule has 2 atom stereocenters. The third-order valence-corrected chi connectivity index (χ3v) is 5.28. The minimum Gasteiger partial charge on any atom is -0.313 e. The maximum atomic E-state index is 6.07. The molecule has 1 N–H and O–H groups in total. The Morgan fingerprint density at radius 2 is 2.37 bits per heavy atom. The van der Waals surface area contributed by atoms with Crippen LogP contribution in [0.15, 0.2) is 24.3 Å². The molecule has 1 aliphatic rings. The maximum absolute atomic E-state index is 6.07. The van der Waals surface area contributed by atoms with Gasteiger partial charge in [-0.3, -0.25) is 0 Å². The van der Waals surface area contributed by atoms with Crippen LogP contribution in [0.4, 0.5) is 0 Å². The van der Waals surface area contributed by atoms with Gasteiger partial charge in [-0.2, -0.15) is 11.8 Å². The first-order valence-electron chi connectivity index (χ1n) is 6.91. The molecule has 1 fully saturated rings. The Hall–Kier alpha value is -0.220. The van der Waals surface area contributed by atoms with E-state index in [1.54, 1.807) is 0 Å². The fourth-order valence-electron chi connectivity index (χ4n) is 2.59. The Kier molecular flexibility index (Phi) is 6.02. The molecule has 0 spiro atoms. The minimum absolute atomic E-state index is 0.384. The van der Waals surface area contributed by atoms with Gasteiger partial charge in [0.05, 0.1) is 0 Å². The average molecular weight is 299 g/mol. The highest BCUT2D eigenvalue weighted by Gasteiger charge is 2.20. The number of benzene rings is 1. The first-order chi connectivity index (χ1) is 9.20. The average Bonchev–Trinajstić information content (AvgIpc) is 2.93. The predicted octanol–water partition coefficient (Wildman–Crippen LogP) is 3.43. The molecule has 0 amide bonds. The third kappa shape index (κ3) is 4.38. The van der Waals surface area contributed by atoms with E-state index in [0.29, 0.717) is 6.04 Å². The van der Waals surface area contributed by atoms with Gasteiger partial charge in [0.1, 0.15) is 0 Å². The molecule has 4 heteroatoms. The van der Waals surface area contributed by atoms with Crippen LogP contribution in [0.25, 0.3) is 0 Å². The molecular formula is C15H23ClN2S. The number of thioether (sulfide) groups is 1. The van der Waals surface area contributed by atoms with Gasteiger partial charge >= 0.3 is 0 Å². The SMILES string of the molecule is CNC(CCN(C)C1CCSC1)c1cccc(Cl)c1. The van der Waals surface area contributed by atoms with Crippen molar-refractivity contribution in [2.75, 3.05) is 32.1 Å². The maximum Gasteiger partial charge on any atom is 0.0409 e. The molecule has 1 aliphatic heterocycles. The molecule has 0 radical (unpaired) electrons. The van der Waals surface area contributed by atoms with Crippen LogP contribution in [-0.2, 0) is 0 Å². The zero-order valence-electron chi connectivity index (χ0n) is 11.7. The van der Waals surface area contributed by atoms with Gasteiger partial charge in [0.25, 0.3) is 0 Å². The monoisotopic (exact) mass is 298 g/mol. The molecule has 2 unspecified atom stereocenters. The normalized spacial score (nSPS) is 20.9. The van der Waals surface area contributed by atoms with Crippen molar-refractivity contribution >= 4 is 23.4 Å². The van der Waals surface area contributed by atoms with Gasteiger partial charge in [0, 0.05) is 22.9 Å². The molecule has 0 saturated carbocycles. The predicted molar refractivity (Wildman–Crippen MR) is 86.2 cm³/mol. The number of hydrogen-bond donors (Lipinski definition) is 1. The highest BCUT2D eigenvalue weighted by atomic mass is 35.5. The zero-order valence-corrected chi connectivity index (χ0v) is 13.3. The van der Waals surface area contributed by atoms with Crippen molar-refractivity contribution in [2.24, 2.45) is 0 Å². The van der Waals surface area contributed by atoms with Crippen molar-refractivity contribution in [1.29, 1.82) is 0 Å². The molecule has 0 bridgehead atoms. The van der Waals surface area contributed by atoms with Crippen molar-refractivity contribution in [1.82, 2.24) is 10.2 Å². The van der Waals surface area contributed by atoms with E-state index in [1.807, 2.05) is 19.2 Å². The fraction of sp³-hybridized carbons (Fsp3) is 0.600. The summed E-state index contributed by atoms with van der Waals surface area (Å²) in [6, 6.07) is 9.32. The Balaban J connectivity index is 1.88. The Morgan fingerprint density at radius 3 is 3.00 bits per heavy atom.